The third-order valence-electron chi connectivity index (χ3n) is 4.37. The van der Waals surface area contributed by atoms with Gasteiger partial charge in [-0.05, 0) is 32.8 Å². The minimum absolute atomic E-state index is 0.0124. The van der Waals surface area contributed by atoms with Gasteiger partial charge in [-0.25, -0.2) is 15.0 Å². The number of aromatic nitrogens is 4. The molecule has 1 saturated heterocycles. The molecule has 1 fully saturated rings. The van der Waals surface area contributed by atoms with E-state index < -0.39 is 0 Å². The Morgan fingerprint density at radius 2 is 2.04 bits per heavy atom. The molecule has 8 nitrogen and oxygen atoms in total. The predicted octanol–water partition coefficient (Wildman–Crippen LogP) is 0.720. The molecule has 1 aliphatic rings. The number of carbonyl (C=O) groups excluding carboxylic acids is 1. The topological polar surface area (TPSA) is 90.2 Å². The van der Waals surface area contributed by atoms with Gasteiger partial charge >= 0.3 is 6.01 Å². The van der Waals surface area contributed by atoms with Crippen molar-refractivity contribution < 1.29 is 9.53 Å². The van der Waals surface area contributed by atoms with Crippen LogP contribution in [0.4, 0.5) is 0 Å². The Balaban J connectivity index is 1.64. The molecule has 3 heterocycles. The summed E-state index contributed by atoms with van der Waals surface area (Å²) in [5.41, 5.74) is 1.07. The van der Waals surface area contributed by atoms with Crippen LogP contribution < -0.4 is 10.3 Å². The molecule has 2 aromatic rings. The van der Waals surface area contributed by atoms with Crippen LogP contribution in [0.2, 0.25) is 0 Å². The highest BCUT2D eigenvalue weighted by Gasteiger charge is 2.25. The van der Waals surface area contributed by atoms with Crippen molar-refractivity contribution in [3.05, 3.63) is 46.4 Å². The summed E-state index contributed by atoms with van der Waals surface area (Å²) in [6, 6.07) is 2.04. The third-order valence-corrected chi connectivity index (χ3v) is 4.37. The zero-order valence-corrected chi connectivity index (χ0v) is 14.4. The molecular formula is C17H21N5O3. The summed E-state index contributed by atoms with van der Waals surface area (Å²) in [7, 11) is 0. The molecule has 8 heteroatoms. The zero-order chi connectivity index (χ0) is 17.8. The molecule has 2 aromatic heterocycles. The minimum Gasteiger partial charge on any atom is -0.458 e. The van der Waals surface area contributed by atoms with E-state index in [2.05, 4.69) is 15.0 Å². The molecule has 3 rings (SSSR count). The quantitative estimate of drug-likeness (QED) is 0.812. The Hall–Kier alpha value is -2.77. The van der Waals surface area contributed by atoms with Crippen LogP contribution in [0.25, 0.3) is 0 Å². The van der Waals surface area contributed by atoms with Crippen LogP contribution in [0, 0.1) is 13.8 Å². The Kier molecular flexibility index (Phi) is 5.06. The number of likely N-dealkylation sites (tertiary alicyclic amines) is 1. The first-order chi connectivity index (χ1) is 12.0. The van der Waals surface area contributed by atoms with Gasteiger partial charge in [-0.2, -0.15) is 0 Å². The molecule has 0 bridgehead atoms. The molecule has 0 radical (unpaired) electrons. The Bertz CT molecular complexity index is 806. The first kappa shape index (κ1) is 17.1. The van der Waals surface area contributed by atoms with E-state index in [0.29, 0.717) is 30.4 Å². The predicted molar refractivity (Wildman–Crippen MR) is 90.2 cm³/mol. The van der Waals surface area contributed by atoms with Gasteiger partial charge in [0.15, 0.2) is 0 Å². The summed E-state index contributed by atoms with van der Waals surface area (Å²) in [6.45, 7) is 4.60. The number of nitrogens with zero attached hydrogens (tertiary/aromatic N) is 5. The lowest BCUT2D eigenvalue weighted by atomic mass is 10.1. The average molecular weight is 343 g/mol. The van der Waals surface area contributed by atoms with Crippen LogP contribution in [0.15, 0.2) is 29.6 Å². The number of rotatable bonds is 4. The lowest BCUT2D eigenvalue weighted by molar-refractivity contribution is -0.134. The fraction of sp³-hybridized carbons (Fsp3) is 0.471. The van der Waals surface area contributed by atoms with Gasteiger partial charge in [-0.3, -0.25) is 14.2 Å². The average Bonchev–Trinajstić information content (AvgIpc) is 2.63. The van der Waals surface area contributed by atoms with Crippen LogP contribution in [0.1, 0.15) is 24.1 Å². The number of piperidine rings is 1. The summed E-state index contributed by atoms with van der Waals surface area (Å²) in [4.78, 5) is 38.8. The summed E-state index contributed by atoms with van der Waals surface area (Å²) in [5, 5.41) is 0. The molecule has 1 atom stereocenters. The van der Waals surface area contributed by atoms with Gasteiger partial charge in [0.1, 0.15) is 12.6 Å². The van der Waals surface area contributed by atoms with E-state index in [1.54, 1.807) is 37.2 Å². The number of hydrogen-bond donors (Lipinski definition) is 0. The lowest BCUT2D eigenvalue weighted by Crippen LogP contribution is -2.46. The fourth-order valence-electron chi connectivity index (χ4n) is 2.79. The van der Waals surface area contributed by atoms with Crippen molar-refractivity contribution in [3.8, 4) is 6.01 Å². The van der Waals surface area contributed by atoms with Crippen LogP contribution >= 0.6 is 0 Å². The standard InChI is InChI=1S/C17H21N5O3/c1-12-13(2)20-11-22(16(12)24)10-15(23)21-8-3-5-14(9-21)25-17-18-6-4-7-19-17/h4,6-7,11,14H,3,5,8-10H2,1-2H3. The highest BCUT2D eigenvalue weighted by Crippen LogP contribution is 2.15. The maximum atomic E-state index is 12.6. The van der Waals surface area contributed by atoms with E-state index in [1.165, 1.54) is 10.9 Å². The molecule has 0 aliphatic carbocycles. The molecule has 0 N–H and O–H groups in total. The van der Waals surface area contributed by atoms with Crippen molar-refractivity contribution >= 4 is 5.91 Å². The first-order valence-electron chi connectivity index (χ1n) is 8.28. The van der Waals surface area contributed by atoms with Gasteiger partial charge in [0.25, 0.3) is 5.56 Å². The molecule has 1 aliphatic heterocycles. The van der Waals surface area contributed by atoms with Crippen molar-refractivity contribution in [1.29, 1.82) is 0 Å². The van der Waals surface area contributed by atoms with Crippen LogP contribution in [-0.2, 0) is 11.3 Å². The summed E-state index contributed by atoms with van der Waals surface area (Å²) in [6.07, 6.45) is 6.20. The largest absolute Gasteiger partial charge is 0.458 e. The van der Waals surface area contributed by atoms with E-state index in [4.69, 9.17) is 4.74 Å². The minimum atomic E-state index is -0.177. The molecule has 0 aromatic carbocycles. The van der Waals surface area contributed by atoms with E-state index in [-0.39, 0.29) is 24.1 Å². The van der Waals surface area contributed by atoms with Crippen molar-refractivity contribution in [2.24, 2.45) is 0 Å². The smallest absolute Gasteiger partial charge is 0.316 e. The van der Waals surface area contributed by atoms with Gasteiger partial charge in [0, 0.05) is 30.2 Å². The van der Waals surface area contributed by atoms with Gasteiger partial charge in [0.05, 0.1) is 12.9 Å². The number of aryl methyl sites for hydroxylation is 1. The van der Waals surface area contributed by atoms with Crippen LogP contribution in [0.3, 0.4) is 0 Å². The molecule has 0 saturated carbocycles. The van der Waals surface area contributed by atoms with E-state index in [0.717, 1.165) is 12.8 Å². The van der Waals surface area contributed by atoms with Crippen molar-refractivity contribution in [2.45, 2.75) is 39.3 Å². The molecule has 1 amide bonds. The number of ether oxygens (including phenoxy) is 1. The molecule has 1 unspecified atom stereocenters. The maximum absolute atomic E-state index is 12.6. The lowest BCUT2D eigenvalue weighted by Gasteiger charge is -2.32. The molecule has 132 valence electrons. The van der Waals surface area contributed by atoms with E-state index in [9.17, 15) is 9.59 Å². The van der Waals surface area contributed by atoms with Crippen molar-refractivity contribution in [1.82, 2.24) is 24.4 Å². The summed E-state index contributed by atoms with van der Waals surface area (Å²) < 4.78 is 7.10. The Morgan fingerprint density at radius 1 is 1.28 bits per heavy atom. The van der Waals surface area contributed by atoms with Gasteiger partial charge < -0.3 is 9.64 Å². The van der Waals surface area contributed by atoms with E-state index in [1.807, 2.05) is 0 Å². The zero-order valence-electron chi connectivity index (χ0n) is 14.4. The second-order valence-electron chi connectivity index (χ2n) is 6.14. The summed E-state index contributed by atoms with van der Waals surface area (Å²) in [5.74, 6) is -0.116. The number of carbonyl (C=O) groups is 1. The van der Waals surface area contributed by atoms with Crippen LogP contribution in [-0.4, -0.2) is 49.5 Å². The Labute approximate surface area is 145 Å². The monoisotopic (exact) mass is 343 g/mol. The Morgan fingerprint density at radius 3 is 2.80 bits per heavy atom. The summed E-state index contributed by atoms with van der Waals surface area (Å²) >= 11 is 0. The van der Waals surface area contributed by atoms with Gasteiger partial charge in [-0.1, -0.05) is 0 Å². The molecular weight excluding hydrogens is 322 g/mol. The third kappa shape index (κ3) is 4.01. The highest BCUT2D eigenvalue weighted by atomic mass is 16.5. The van der Waals surface area contributed by atoms with E-state index >= 15 is 0 Å². The highest BCUT2D eigenvalue weighted by molar-refractivity contribution is 5.76. The van der Waals surface area contributed by atoms with Crippen molar-refractivity contribution in [2.75, 3.05) is 13.1 Å². The van der Waals surface area contributed by atoms with Crippen LogP contribution in [0.5, 0.6) is 6.01 Å². The first-order valence-corrected chi connectivity index (χ1v) is 8.28. The molecule has 0 spiro atoms. The maximum Gasteiger partial charge on any atom is 0.316 e. The SMILES string of the molecule is Cc1ncn(CC(=O)N2CCCC(Oc3ncccn3)C2)c(=O)c1C. The van der Waals surface area contributed by atoms with Gasteiger partial charge in [0.2, 0.25) is 5.91 Å². The second kappa shape index (κ2) is 7.42. The number of hydrogen-bond acceptors (Lipinski definition) is 6. The molecule has 25 heavy (non-hydrogen) atoms. The number of amides is 1. The van der Waals surface area contributed by atoms with Gasteiger partial charge in [-0.15, -0.1) is 0 Å². The van der Waals surface area contributed by atoms with Crippen molar-refractivity contribution in [3.63, 3.8) is 0 Å². The normalized spacial score (nSPS) is 17.4. The second-order valence-corrected chi connectivity index (χ2v) is 6.14. The fourth-order valence-corrected chi connectivity index (χ4v) is 2.79.